The van der Waals surface area contributed by atoms with Crippen LogP contribution in [0.4, 0.5) is 5.69 Å². The van der Waals surface area contributed by atoms with Gasteiger partial charge in [0.1, 0.15) is 11.4 Å². The van der Waals surface area contributed by atoms with E-state index in [4.69, 9.17) is 21.4 Å². The Bertz CT molecular complexity index is 768. The number of carbonyl (C=O) groups is 2. The van der Waals surface area contributed by atoms with Gasteiger partial charge < -0.3 is 15.2 Å². The maximum atomic E-state index is 12.2. The van der Waals surface area contributed by atoms with Crippen molar-refractivity contribution in [2.24, 2.45) is 0 Å². The molecule has 6 nitrogen and oxygen atoms in total. The molecule has 2 rings (SSSR count). The van der Waals surface area contributed by atoms with E-state index in [-0.39, 0.29) is 22.1 Å². The van der Waals surface area contributed by atoms with Crippen molar-refractivity contribution in [3.63, 3.8) is 0 Å². The number of halogens is 1. The molecule has 1 amide bonds. The molecule has 0 unspecified atom stereocenters. The molecule has 0 fully saturated rings. The van der Waals surface area contributed by atoms with Crippen LogP contribution in [0.1, 0.15) is 36.3 Å². The number of rotatable bonds is 5. The lowest BCUT2D eigenvalue weighted by Gasteiger charge is -2.13. The lowest BCUT2D eigenvalue weighted by molar-refractivity contribution is -0.139. The first-order chi connectivity index (χ1) is 11.2. The molecule has 1 aromatic carbocycles. The number of amides is 1. The Balaban J connectivity index is 2.08. The molecule has 0 saturated carbocycles. The lowest BCUT2D eigenvalue weighted by atomic mass is 9.98. The zero-order valence-corrected chi connectivity index (χ0v) is 15.0. The molecule has 0 bridgehead atoms. The summed E-state index contributed by atoms with van der Waals surface area (Å²) < 4.78 is 5.03. The van der Waals surface area contributed by atoms with Gasteiger partial charge in [-0.25, -0.2) is 9.78 Å². The van der Waals surface area contributed by atoms with Crippen LogP contribution >= 0.6 is 22.9 Å². The first kappa shape index (κ1) is 18.2. The third kappa shape index (κ3) is 4.69. The van der Waals surface area contributed by atoms with Crippen molar-refractivity contribution in [1.29, 1.82) is 0 Å². The van der Waals surface area contributed by atoms with E-state index in [2.05, 4.69) is 10.3 Å². The molecule has 24 heavy (non-hydrogen) atoms. The number of aliphatic carboxylic acids is 1. The van der Waals surface area contributed by atoms with Crippen molar-refractivity contribution in [2.45, 2.75) is 26.2 Å². The van der Waals surface area contributed by atoms with Gasteiger partial charge in [0.25, 0.3) is 5.91 Å². The number of nitrogens with one attached hydrogen (secondary N) is 1. The number of ether oxygens (including phenoxy) is 1. The quantitative estimate of drug-likeness (QED) is 0.837. The number of hydrogen-bond acceptors (Lipinski definition) is 5. The number of hydrogen-bond donors (Lipinski definition) is 2. The number of carbonyl (C=O) groups excluding carboxylic acids is 1. The largest absolute Gasteiger partial charge is 0.480 e. The van der Waals surface area contributed by atoms with Crippen LogP contribution in [0.5, 0.6) is 5.75 Å². The molecule has 0 spiro atoms. The molecule has 1 aromatic heterocycles. The molecule has 128 valence electrons. The lowest BCUT2D eigenvalue weighted by Crippen LogP contribution is -2.15. The number of carboxylic acid groups (broad SMARTS) is 1. The van der Waals surface area contributed by atoms with E-state index >= 15 is 0 Å². The number of benzene rings is 1. The van der Waals surface area contributed by atoms with Crippen molar-refractivity contribution >= 4 is 40.5 Å². The van der Waals surface area contributed by atoms with E-state index in [9.17, 15) is 9.59 Å². The summed E-state index contributed by atoms with van der Waals surface area (Å²) >= 11 is 7.46. The van der Waals surface area contributed by atoms with Gasteiger partial charge in [0.2, 0.25) is 0 Å². The van der Waals surface area contributed by atoms with Crippen molar-refractivity contribution in [1.82, 2.24) is 4.98 Å². The third-order valence-electron chi connectivity index (χ3n) is 2.92. The summed E-state index contributed by atoms with van der Waals surface area (Å²) in [5, 5.41) is 14.1. The highest BCUT2D eigenvalue weighted by Gasteiger charge is 2.20. The number of anilines is 1. The van der Waals surface area contributed by atoms with Gasteiger partial charge in [-0.1, -0.05) is 32.4 Å². The van der Waals surface area contributed by atoms with Crippen LogP contribution in [0.15, 0.2) is 23.6 Å². The van der Waals surface area contributed by atoms with Gasteiger partial charge in [-0.2, -0.15) is 0 Å². The van der Waals surface area contributed by atoms with Crippen LogP contribution in [0, 0.1) is 0 Å². The Morgan fingerprint density at radius 3 is 2.62 bits per heavy atom. The fraction of sp³-hybridized carbons (Fsp3) is 0.312. The standard InChI is InChI=1S/C16H17ClN2O4S/c1-16(2,3)15-19-11(8-24-15)14(22)18-9-4-5-12(10(17)6-9)23-7-13(20)21/h4-6,8H,7H2,1-3H3,(H,18,22)(H,20,21). The minimum absolute atomic E-state index is 0.115. The number of carboxylic acids is 1. The molecule has 0 radical (unpaired) electrons. The molecular formula is C16H17ClN2O4S. The van der Waals surface area contributed by atoms with Crippen molar-refractivity contribution in [2.75, 3.05) is 11.9 Å². The fourth-order valence-corrected chi connectivity index (χ4v) is 2.88. The molecule has 0 atom stereocenters. The molecule has 0 aliphatic heterocycles. The SMILES string of the molecule is CC(C)(C)c1nc(C(=O)Nc2ccc(OCC(=O)O)c(Cl)c2)cs1. The normalized spacial score (nSPS) is 11.2. The first-order valence-electron chi connectivity index (χ1n) is 7.08. The Hall–Kier alpha value is -2.12. The van der Waals surface area contributed by atoms with E-state index in [1.165, 1.54) is 23.5 Å². The van der Waals surface area contributed by atoms with Crippen molar-refractivity contribution in [3.05, 3.63) is 39.3 Å². The smallest absolute Gasteiger partial charge is 0.341 e. The van der Waals surface area contributed by atoms with Crippen LogP contribution < -0.4 is 10.1 Å². The second-order valence-electron chi connectivity index (χ2n) is 6.07. The molecule has 8 heteroatoms. The monoisotopic (exact) mass is 368 g/mol. The molecule has 0 aliphatic carbocycles. The molecule has 0 aliphatic rings. The topological polar surface area (TPSA) is 88.5 Å². The van der Waals surface area contributed by atoms with Crippen LogP contribution in [-0.4, -0.2) is 28.6 Å². The van der Waals surface area contributed by atoms with Gasteiger partial charge in [0.05, 0.1) is 10.0 Å². The zero-order chi connectivity index (χ0) is 17.9. The summed E-state index contributed by atoms with van der Waals surface area (Å²) in [6.07, 6.45) is 0. The van der Waals surface area contributed by atoms with Gasteiger partial charge in [-0.05, 0) is 18.2 Å². The van der Waals surface area contributed by atoms with Crippen LogP contribution in [-0.2, 0) is 10.2 Å². The maximum absolute atomic E-state index is 12.2. The summed E-state index contributed by atoms with van der Waals surface area (Å²) in [5.74, 6) is -1.20. The number of thiazole rings is 1. The van der Waals surface area contributed by atoms with Gasteiger partial charge in [-0.15, -0.1) is 11.3 Å². The van der Waals surface area contributed by atoms with E-state index in [1.807, 2.05) is 20.8 Å². The van der Waals surface area contributed by atoms with Gasteiger partial charge in [0.15, 0.2) is 6.61 Å². The highest BCUT2D eigenvalue weighted by atomic mass is 35.5. The average Bonchev–Trinajstić information content (AvgIpc) is 2.96. The Morgan fingerprint density at radius 1 is 1.38 bits per heavy atom. The maximum Gasteiger partial charge on any atom is 0.341 e. The second kappa shape index (κ2) is 7.19. The highest BCUT2D eigenvalue weighted by Crippen LogP contribution is 2.29. The van der Waals surface area contributed by atoms with E-state index in [1.54, 1.807) is 11.4 Å². The predicted molar refractivity (Wildman–Crippen MR) is 93.4 cm³/mol. The third-order valence-corrected chi connectivity index (χ3v) is 4.48. The average molecular weight is 369 g/mol. The first-order valence-corrected chi connectivity index (χ1v) is 8.34. The van der Waals surface area contributed by atoms with E-state index in [0.29, 0.717) is 11.4 Å². The summed E-state index contributed by atoms with van der Waals surface area (Å²) in [6, 6.07) is 4.58. The predicted octanol–water partition coefficient (Wildman–Crippen LogP) is 3.81. The number of nitrogens with zero attached hydrogens (tertiary/aromatic N) is 1. The summed E-state index contributed by atoms with van der Waals surface area (Å²) in [5.41, 5.74) is 0.695. The van der Waals surface area contributed by atoms with E-state index in [0.717, 1.165) is 5.01 Å². The Morgan fingerprint density at radius 2 is 2.08 bits per heavy atom. The van der Waals surface area contributed by atoms with Crippen LogP contribution in [0.2, 0.25) is 5.02 Å². The Labute approximate surface area is 148 Å². The summed E-state index contributed by atoms with van der Waals surface area (Å²) in [7, 11) is 0. The molecular weight excluding hydrogens is 352 g/mol. The summed E-state index contributed by atoms with van der Waals surface area (Å²) in [6.45, 7) is 5.61. The fourth-order valence-electron chi connectivity index (χ4n) is 1.75. The number of aromatic nitrogens is 1. The molecule has 0 saturated heterocycles. The van der Waals surface area contributed by atoms with Crippen LogP contribution in [0.25, 0.3) is 0 Å². The van der Waals surface area contributed by atoms with Crippen molar-refractivity contribution in [3.8, 4) is 5.75 Å². The minimum Gasteiger partial charge on any atom is -0.480 e. The Kier molecular flexibility index (Phi) is 5.46. The van der Waals surface area contributed by atoms with Gasteiger partial charge >= 0.3 is 5.97 Å². The second-order valence-corrected chi connectivity index (χ2v) is 7.33. The molecule has 2 N–H and O–H groups in total. The minimum atomic E-state index is -1.10. The van der Waals surface area contributed by atoms with E-state index < -0.39 is 12.6 Å². The highest BCUT2D eigenvalue weighted by molar-refractivity contribution is 7.10. The van der Waals surface area contributed by atoms with Crippen molar-refractivity contribution < 1.29 is 19.4 Å². The van der Waals surface area contributed by atoms with Gasteiger partial charge in [0, 0.05) is 16.5 Å². The van der Waals surface area contributed by atoms with Gasteiger partial charge in [-0.3, -0.25) is 4.79 Å². The zero-order valence-electron chi connectivity index (χ0n) is 13.4. The molecule has 1 heterocycles. The van der Waals surface area contributed by atoms with Crippen LogP contribution in [0.3, 0.4) is 0 Å². The molecule has 2 aromatic rings. The summed E-state index contributed by atoms with van der Waals surface area (Å²) in [4.78, 5) is 27.1.